The number of fused-ring (bicyclic) bond motifs is 3. The molecule has 0 unspecified atom stereocenters. The van der Waals surface area contributed by atoms with E-state index < -0.39 is 11.3 Å². The maximum absolute atomic E-state index is 13.8. The van der Waals surface area contributed by atoms with Gasteiger partial charge in [0, 0.05) is 34.6 Å². The van der Waals surface area contributed by atoms with Crippen LogP contribution in [0.2, 0.25) is 0 Å². The monoisotopic (exact) mass is 438 g/mol. The molecule has 0 fully saturated rings. The van der Waals surface area contributed by atoms with Gasteiger partial charge in [-0.05, 0) is 43.9 Å². The van der Waals surface area contributed by atoms with Crippen LogP contribution in [0.4, 0.5) is 11.4 Å². The molecule has 2 heterocycles. The van der Waals surface area contributed by atoms with Gasteiger partial charge in [0.05, 0.1) is 5.57 Å². The molecule has 0 aromatic heterocycles. The van der Waals surface area contributed by atoms with E-state index in [0.29, 0.717) is 35.4 Å². The molecule has 166 valence electrons. The number of allylic oxidation sites excluding steroid dienone is 1. The number of nitriles is 1. The van der Waals surface area contributed by atoms with Crippen LogP contribution in [-0.2, 0) is 15.0 Å². The molecule has 2 aromatic carbocycles. The summed E-state index contributed by atoms with van der Waals surface area (Å²) in [6.07, 6.45) is 0.847. The summed E-state index contributed by atoms with van der Waals surface area (Å²) in [6.45, 7) is 8.01. The third-order valence-corrected chi connectivity index (χ3v) is 6.94. The quantitative estimate of drug-likeness (QED) is 0.690. The molecule has 0 saturated heterocycles. The van der Waals surface area contributed by atoms with Crippen LogP contribution in [0.25, 0.3) is 0 Å². The lowest BCUT2D eigenvalue weighted by Gasteiger charge is -2.46. The molecule has 1 aliphatic carbocycles. The predicted octanol–water partition coefficient (Wildman–Crippen LogP) is 4.35. The number of nitrogens with zero attached hydrogens (tertiary/aromatic N) is 2. The summed E-state index contributed by atoms with van der Waals surface area (Å²) in [5.41, 5.74) is 10.0. The molecule has 1 atom stereocenters. The van der Waals surface area contributed by atoms with Crippen molar-refractivity contribution in [3.63, 3.8) is 0 Å². The van der Waals surface area contributed by atoms with E-state index in [1.165, 1.54) is 0 Å². The molecule has 6 heteroatoms. The van der Waals surface area contributed by atoms with Crippen LogP contribution in [0.1, 0.15) is 43.4 Å². The van der Waals surface area contributed by atoms with E-state index in [9.17, 15) is 14.9 Å². The molecule has 3 N–H and O–H groups in total. The zero-order chi connectivity index (χ0) is 23.7. The van der Waals surface area contributed by atoms with Crippen LogP contribution in [0.3, 0.4) is 0 Å². The number of anilines is 2. The fourth-order valence-electron chi connectivity index (χ4n) is 5.52. The second-order valence-corrected chi connectivity index (χ2v) is 10.1. The van der Waals surface area contributed by atoms with Crippen molar-refractivity contribution in [2.75, 3.05) is 10.2 Å². The van der Waals surface area contributed by atoms with Crippen molar-refractivity contribution in [2.24, 2.45) is 11.1 Å². The summed E-state index contributed by atoms with van der Waals surface area (Å²) in [5, 5.41) is 13.3. The van der Waals surface area contributed by atoms with Gasteiger partial charge in [-0.3, -0.25) is 14.5 Å². The Morgan fingerprint density at radius 3 is 2.36 bits per heavy atom. The highest BCUT2D eigenvalue weighted by molar-refractivity contribution is 6.20. The van der Waals surface area contributed by atoms with Gasteiger partial charge in [0.1, 0.15) is 17.3 Å². The zero-order valence-electron chi connectivity index (χ0n) is 19.2. The van der Waals surface area contributed by atoms with Crippen molar-refractivity contribution in [3.05, 3.63) is 81.8 Å². The summed E-state index contributed by atoms with van der Waals surface area (Å²) >= 11 is 0. The Labute approximate surface area is 193 Å². The molecule has 2 aromatic rings. The van der Waals surface area contributed by atoms with E-state index in [2.05, 4.69) is 11.4 Å². The summed E-state index contributed by atoms with van der Waals surface area (Å²) in [7, 11) is 0. The third kappa shape index (κ3) is 2.78. The number of ketones is 1. The topological polar surface area (TPSA) is 99.2 Å². The van der Waals surface area contributed by atoms with E-state index in [0.717, 1.165) is 16.8 Å². The Morgan fingerprint density at radius 2 is 1.70 bits per heavy atom. The van der Waals surface area contributed by atoms with Gasteiger partial charge >= 0.3 is 0 Å². The van der Waals surface area contributed by atoms with E-state index in [1.54, 1.807) is 4.90 Å². The van der Waals surface area contributed by atoms with Gasteiger partial charge in [-0.15, -0.1) is 0 Å². The van der Waals surface area contributed by atoms with Crippen LogP contribution >= 0.6 is 0 Å². The number of benzene rings is 2. The molecule has 0 bridgehead atoms. The van der Waals surface area contributed by atoms with Crippen LogP contribution in [0, 0.1) is 30.6 Å². The predicted molar refractivity (Wildman–Crippen MR) is 127 cm³/mol. The number of Topliss-reactive ketones (excluding diaryl/α,β-unsaturated/α-hetero) is 1. The first-order valence-electron chi connectivity index (χ1n) is 11.1. The van der Waals surface area contributed by atoms with E-state index in [1.807, 2.05) is 70.2 Å². The van der Waals surface area contributed by atoms with Crippen molar-refractivity contribution in [1.29, 1.82) is 5.26 Å². The molecule has 1 spiro atoms. The lowest BCUT2D eigenvalue weighted by Crippen LogP contribution is -2.52. The first kappa shape index (κ1) is 21.0. The van der Waals surface area contributed by atoms with Crippen LogP contribution in [-0.4, -0.2) is 11.7 Å². The highest BCUT2D eigenvalue weighted by atomic mass is 16.2. The highest BCUT2D eigenvalue weighted by Gasteiger charge is 2.61. The summed E-state index contributed by atoms with van der Waals surface area (Å²) < 4.78 is 0. The Kier molecular flexibility index (Phi) is 4.35. The van der Waals surface area contributed by atoms with Gasteiger partial charge < -0.3 is 11.1 Å². The molecule has 1 amide bonds. The van der Waals surface area contributed by atoms with Crippen molar-refractivity contribution in [3.8, 4) is 6.07 Å². The van der Waals surface area contributed by atoms with Crippen molar-refractivity contribution < 1.29 is 9.59 Å². The maximum atomic E-state index is 13.8. The Bertz CT molecular complexity index is 1340. The number of carbonyl (C=O) groups is 2. The standard InChI is InChI=1S/C27H26N4O2/c1-15-5-8-17(9-6-15)31-21-12-26(3,4)13-22(32)23(21)27(19(14-28)24(31)29)18-11-16(2)7-10-20(18)30-25(27)33/h5-11H,12-13,29H2,1-4H3,(H,30,33)/t27-/m1/s1. The van der Waals surface area contributed by atoms with Crippen LogP contribution in [0.15, 0.2) is 65.1 Å². The fourth-order valence-corrected chi connectivity index (χ4v) is 5.52. The molecular formula is C27H26N4O2. The summed E-state index contributed by atoms with van der Waals surface area (Å²) in [4.78, 5) is 29.3. The van der Waals surface area contributed by atoms with Crippen molar-refractivity contribution in [2.45, 2.75) is 46.0 Å². The van der Waals surface area contributed by atoms with Gasteiger partial charge in [0.25, 0.3) is 0 Å². The number of amides is 1. The van der Waals surface area contributed by atoms with Gasteiger partial charge in [-0.1, -0.05) is 49.2 Å². The first-order valence-corrected chi connectivity index (χ1v) is 11.1. The minimum atomic E-state index is -1.54. The molecule has 5 rings (SSSR count). The van der Waals surface area contributed by atoms with Crippen LogP contribution < -0.4 is 16.0 Å². The molecule has 0 saturated carbocycles. The van der Waals surface area contributed by atoms with Gasteiger partial charge in [-0.2, -0.15) is 5.26 Å². The average Bonchev–Trinajstić information content (AvgIpc) is 3.00. The smallest absolute Gasteiger partial charge is 0.245 e. The summed E-state index contributed by atoms with van der Waals surface area (Å²) in [6, 6.07) is 15.6. The van der Waals surface area contributed by atoms with Gasteiger partial charge in [0.2, 0.25) is 5.91 Å². The number of hydrogen-bond acceptors (Lipinski definition) is 5. The van der Waals surface area contributed by atoms with Gasteiger partial charge in [0.15, 0.2) is 5.78 Å². The number of nitrogens with one attached hydrogen (secondary N) is 1. The highest BCUT2D eigenvalue weighted by Crippen LogP contribution is 2.57. The van der Waals surface area contributed by atoms with Crippen LogP contribution in [0.5, 0.6) is 0 Å². The summed E-state index contributed by atoms with van der Waals surface area (Å²) in [5.74, 6) is -0.329. The maximum Gasteiger partial charge on any atom is 0.245 e. The molecule has 33 heavy (non-hydrogen) atoms. The third-order valence-electron chi connectivity index (χ3n) is 6.94. The molecule has 0 radical (unpaired) electrons. The lowest BCUT2D eigenvalue weighted by molar-refractivity contribution is -0.123. The molecular weight excluding hydrogens is 412 g/mol. The average molecular weight is 439 g/mol. The molecule has 2 aliphatic heterocycles. The number of aryl methyl sites for hydroxylation is 2. The van der Waals surface area contributed by atoms with E-state index >= 15 is 0 Å². The zero-order valence-corrected chi connectivity index (χ0v) is 19.2. The van der Waals surface area contributed by atoms with Crippen molar-refractivity contribution >= 4 is 23.1 Å². The second-order valence-electron chi connectivity index (χ2n) is 10.1. The Balaban J connectivity index is 1.90. The number of nitrogens with two attached hydrogens (primary N) is 1. The Hall–Kier alpha value is -3.85. The molecule has 6 nitrogen and oxygen atoms in total. The lowest BCUT2D eigenvalue weighted by atomic mass is 9.60. The number of rotatable bonds is 1. The van der Waals surface area contributed by atoms with E-state index in [-0.39, 0.29) is 22.6 Å². The number of hydrogen-bond donors (Lipinski definition) is 2. The molecule has 3 aliphatic rings. The van der Waals surface area contributed by atoms with E-state index in [4.69, 9.17) is 5.73 Å². The number of carbonyl (C=O) groups excluding carboxylic acids is 2. The minimum absolute atomic E-state index is 0.0942. The normalized spacial score (nSPS) is 23.4. The second kappa shape index (κ2) is 6.82. The SMILES string of the molecule is Cc1ccc(N2C(N)=C(C#N)[C@@]3(C(=O)Nc4ccc(C)cc43)C3=C2CC(C)(C)CC3=O)cc1. The largest absolute Gasteiger partial charge is 0.384 e. The Morgan fingerprint density at radius 1 is 1.03 bits per heavy atom. The van der Waals surface area contributed by atoms with Gasteiger partial charge in [-0.25, -0.2) is 0 Å². The first-order chi connectivity index (χ1) is 15.6. The fraction of sp³-hybridized carbons (Fsp3) is 0.296. The van der Waals surface area contributed by atoms with Crippen molar-refractivity contribution in [1.82, 2.24) is 0 Å². The minimum Gasteiger partial charge on any atom is -0.384 e.